The van der Waals surface area contributed by atoms with Crippen LogP contribution in [0.25, 0.3) is 0 Å². The number of alkyl halides is 1. The van der Waals surface area contributed by atoms with Gasteiger partial charge in [0, 0.05) is 10.4 Å². The molecule has 1 aromatic carbocycles. The number of rotatable bonds is 4. The molecule has 0 nitrogen and oxygen atoms in total. The first-order valence-electron chi connectivity index (χ1n) is 5.38. The van der Waals surface area contributed by atoms with Crippen molar-refractivity contribution < 1.29 is 4.39 Å². The second-order valence-corrected chi connectivity index (χ2v) is 6.21. The van der Waals surface area contributed by atoms with Crippen LogP contribution in [0.2, 0.25) is 5.02 Å². The predicted octanol–water partition coefficient (Wildman–Crippen LogP) is 5.07. The molecule has 0 radical (unpaired) electrons. The minimum Gasteiger partial charge on any atom is -0.207 e. The van der Waals surface area contributed by atoms with Gasteiger partial charge in [0.05, 0.1) is 0 Å². The molecule has 1 aromatic rings. The van der Waals surface area contributed by atoms with Crippen LogP contribution in [0, 0.1) is 11.2 Å². The lowest BCUT2D eigenvalue weighted by atomic mass is 9.81. The van der Waals surface area contributed by atoms with Crippen LogP contribution in [0.1, 0.15) is 32.8 Å². The van der Waals surface area contributed by atoms with Crippen LogP contribution in [-0.2, 0) is 6.42 Å². The Balaban J connectivity index is 2.82. The third kappa shape index (κ3) is 4.31. The Hall–Kier alpha value is -0.270. The van der Waals surface area contributed by atoms with Gasteiger partial charge in [-0.15, -0.1) is 11.6 Å². The molecule has 90 valence electrons. The molecule has 16 heavy (non-hydrogen) atoms. The molecule has 0 aliphatic heterocycles. The van der Waals surface area contributed by atoms with Gasteiger partial charge in [-0.2, -0.15) is 0 Å². The summed E-state index contributed by atoms with van der Waals surface area (Å²) >= 11 is 12.0. The Morgan fingerprint density at radius 2 is 2.00 bits per heavy atom. The Kier molecular flexibility index (Phi) is 4.63. The van der Waals surface area contributed by atoms with Crippen LogP contribution in [0.3, 0.4) is 0 Å². The van der Waals surface area contributed by atoms with Gasteiger partial charge in [-0.25, -0.2) is 4.39 Å². The zero-order valence-corrected chi connectivity index (χ0v) is 11.4. The molecule has 0 saturated carbocycles. The predicted molar refractivity (Wildman–Crippen MR) is 68.8 cm³/mol. The van der Waals surface area contributed by atoms with Crippen LogP contribution in [0.4, 0.5) is 4.39 Å². The molecule has 0 spiro atoms. The standard InChI is InChI=1S/C13H17Cl2F/c1-9(14)7-13(2,3)8-10-6-11(16)4-5-12(10)15/h4-6,9H,7-8H2,1-3H3. The minimum atomic E-state index is -0.242. The van der Waals surface area contributed by atoms with Crippen molar-refractivity contribution in [2.75, 3.05) is 0 Å². The zero-order chi connectivity index (χ0) is 12.3. The lowest BCUT2D eigenvalue weighted by Gasteiger charge is -2.26. The molecule has 0 bridgehead atoms. The number of benzene rings is 1. The maximum atomic E-state index is 13.1. The highest BCUT2D eigenvalue weighted by Crippen LogP contribution is 2.32. The van der Waals surface area contributed by atoms with E-state index in [9.17, 15) is 4.39 Å². The molecule has 0 aliphatic rings. The maximum absolute atomic E-state index is 13.1. The molecule has 0 heterocycles. The quantitative estimate of drug-likeness (QED) is 0.665. The Morgan fingerprint density at radius 1 is 1.38 bits per heavy atom. The highest BCUT2D eigenvalue weighted by molar-refractivity contribution is 6.31. The van der Waals surface area contributed by atoms with Crippen molar-refractivity contribution in [2.24, 2.45) is 5.41 Å². The lowest BCUT2D eigenvalue weighted by molar-refractivity contribution is 0.331. The third-order valence-corrected chi connectivity index (χ3v) is 3.03. The van der Waals surface area contributed by atoms with E-state index in [-0.39, 0.29) is 16.6 Å². The van der Waals surface area contributed by atoms with Gasteiger partial charge < -0.3 is 0 Å². The third-order valence-electron chi connectivity index (χ3n) is 2.51. The first-order chi connectivity index (χ1) is 7.30. The van der Waals surface area contributed by atoms with E-state index in [1.54, 1.807) is 6.07 Å². The van der Waals surface area contributed by atoms with Gasteiger partial charge in [0.25, 0.3) is 0 Å². The topological polar surface area (TPSA) is 0 Å². The molecule has 1 atom stereocenters. The van der Waals surface area contributed by atoms with Gasteiger partial charge in [-0.1, -0.05) is 25.4 Å². The molecule has 1 unspecified atom stereocenters. The Labute approximate surface area is 107 Å². The van der Waals surface area contributed by atoms with Crippen molar-refractivity contribution in [3.63, 3.8) is 0 Å². The van der Waals surface area contributed by atoms with Crippen LogP contribution < -0.4 is 0 Å². The lowest BCUT2D eigenvalue weighted by Crippen LogP contribution is -2.19. The molecule has 0 fully saturated rings. The fraction of sp³-hybridized carbons (Fsp3) is 0.538. The summed E-state index contributed by atoms with van der Waals surface area (Å²) < 4.78 is 13.1. The Morgan fingerprint density at radius 3 is 2.56 bits per heavy atom. The van der Waals surface area contributed by atoms with E-state index in [1.165, 1.54) is 12.1 Å². The van der Waals surface area contributed by atoms with E-state index in [4.69, 9.17) is 23.2 Å². The van der Waals surface area contributed by atoms with Crippen molar-refractivity contribution in [2.45, 2.75) is 39.0 Å². The summed E-state index contributed by atoms with van der Waals surface area (Å²) in [4.78, 5) is 0. The molecule has 0 aliphatic carbocycles. The first kappa shape index (κ1) is 13.8. The van der Waals surface area contributed by atoms with Gasteiger partial charge in [0.1, 0.15) is 5.82 Å². The molecule has 0 amide bonds. The average Bonchev–Trinajstić information content (AvgIpc) is 2.08. The zero-order valence-electron chi connectivity index (χ0n) is 9.86. The normalized spacial score (nSPS) is 13.9. The number of hydrogen-bond acceptors (Lipinski definition) is 0. The van der Waals surface area contributed by atoms with Gasteiger partial charge in [-0.3, -0.25) is 0 Å². The van der Waals surface area contributed by atoms with Crippen molar-refractivity contribution in [1.29, 1.82) is 0 Å². The summed E-state index contributed by atoms with van der Waals surface area (Å²) in [6, 6.07) is 4.48. The SMILES string of the molecule is CC(Cl)CC(C)(C)Cc1cc(F)ccc1Cl. The molecular weight excluding hydrogens is 246 g/mol. The highest BCUT2D eigenvalue weighted by atomic mass is 35.5. The summed E-state index contributed by atoms with van der Waals surface area (Å²) in [5.41, 5.74) is 0.877. The van der Waals surface area contributed by atoms with Crippen molar-refractivity contribution in [3.05, 3.63) is 34.6 Å². The monoisotopic (exact) mass is 262 g/mol. The van der Waals surface area contributed by atoms with Crippen molar-refractivity contribution >= 4 is 23.2 Å². The van der Waals surface area contributed by atoms with Crippen molar-refractivity contribution in [1.82, 2.24) is 0 Å². The van der Waals surface area contributed by atoms with E-state index in [0.29, 0.717) is 5.02 Å². The summed E-state index contributed by atoms with van der Waals surface area (Å²) in [6.07, 6.45) is 1.61. The van der Waals surface area contributed by atoms with E-state index in [1.807, 2.05) is 6.92 Å². The highest BCUT2D eigenvalue weighted by Gasteiger charge is 2.22. The molecule has 1 rings (SSSR count). The molecule has 0 aromatic heterocycles. The molecule has 3 heteroatoms. The first-order valence-corrected chi connectivity index (χ1v) is 6.19. The fourth-order valence-electron chi connectivity index (χ4n) is 2.03. The fourth-order valence-corrected chi connectivity index (χ4v) is 2.63. The Bertz CT molecular complexity index is 359. The van der Waals surface area contributed by atoms with Gasteiger partial charge in [0.15, 0.2) is 0 Å². The minimum absolute atomic E-state index is 0.0264. The number of hydrogen-bond donors (Lipinski definition) is 0. The largest absolute Gasteiger partial charge is 0.207 e. The average molecular weight is 263 g/mol. The summed E-state index contributed by atoms with van der Waals surface area (Å²) in [6.45, 7) is 6.21. The molecule has 0 N–H and O–H groups in total. The van der Waals surface area contributed by atoms with E-state index >= 15 is 0 Å². The van der Waals surface area contributed by atoms with Crippen LogP contribution in [0.5, 0.6) is 0 Å². The second kappa shape index (κ2) is 5.37. The van der Waals surface area contributed by atoms with Crippen LogP contribution in [0.15, 0.2) is 18.2 Å². The van der Waals surface area contributed by atoms with Gasteiger partial charge >= 0.3 is 0 Å². The summed E-state index contributed by atoms with van der Waals surface area (Å²) in [5, 5.41) is 0.735. The van der Waals surface area contributed by atoms with Gasteiger partial charge in [0.2, 0.25) is 0 Å². The number of halogens is 3. The second-order valence-electron chi connectivity index (χ2n) is 5.06. The summed E-state index contributed by atoms with van der Waals surface area (Å²) in [7, 11) is 0. The van der Waals surface area contributed by atoms with E-state index in [2.05, 4.69) is 13.8 Å². The smallest absolute Gasteiger partial charge is 0.123 e. The van der Waals surface area contributed by atoms with E-state index in [0.717, 1.165) is 18.4 Å². The molecular formula is C13H17Cl2F. The molecule has 0 saturated heterocycles. The van der Waals surface area contributed by atoms with Crippen LogP contribution >= 0.6 is 23.2 Å². The van der Waals surface area contributed by atoms with Crippen molar-refractivity contribution in [3.8, 4) is 0 Å². The summed E-state index contributed by atoms with van der Waals surface area (Å²) in [5.74, 6) is -0.242. The van der Waals surface area contributed by atoms with E-state index < -0.39 is 0 Å². The van der Waals surface area contributed by atoms with Gasteiger partial charge in [-0.05, 0) is 48.9 Å². The van der Waals surface area contributed by atoms with Crippen LogP contribution in [-0.4, -0.2) is 5.38 Å². The maximum Gasteiger partial charge on any atom is 0.123 e.